The van der Waals surface area contributed by atoms with Crippen molar-refractivity contribution < 1.29 is 27.4 Å². The van der Waals surface area contributed by atoms with E-state index in [0.717, 1.165) is 15.8 Å². The van der Waals surface area contributed by atoms with Crippen molar-refractivity contribution in [1.82, 2.24) is 14.5 Å². The molecule has 3 aromatic rings. The van der Waals surface area contributed by atoms with Crippen LogP contribution in [0, 0.1) is 5.41 Å². The Hall–Kier alpha value is -3.14. The number of hydrogen-bond acceptors (Lipinski definition) is 5. The highest BCUT2D eigenvalue weighted by Crippen LogP contribution is 2.36. The van der Waals surface area contributed by atoms with E-state index in [1.165, 1.54) is 12.5 Å². The second-order valence-electron chi connectivity index (χ2n) is 9.71. The number of piperidine rings is 1. The fourth-order valence-corrected chi connectivity index (χ4v) is 5.19. The van der Waals surface area contributed by atoms with Gasteiger partial charge in [0.1, 0.15) is 17.7 Å². The van der Waals surface area contributed by atoms with Crippen LogP contribution < -0.4 is 4.74 Å². The molecule has 1 aliphatic rings. The first kappa shape index (κ1) is 24.0. The molecule has 0 spiro atoms. The predicted molar refractivity (Wildman–Crippen MR) is 126 cm³/mol. The summed E-state index contributed by atoms with van der Waals surface area (Å²) in [5, 5.41) is 10.3. The number of aromatic nitrogens is 2. The highest BCUT2D eigenvalue weighted by atomic mass is 32.2. The molecule has 0 bridgehead atoms. The van der Waals surface area contributed by atoms with Gasteiger partial charge in [-0.3, -0.25) is 0 Å². The van der Waals surface area contributed by atoms with E-state index in [-0.39, 0.29) is 17.9 Å². The molecule has 4 rings (SSSR count). The van der Waals surface area contributed by atoms with E-state index < -0.39 is 39.7 Å². The van der Waals surface area contributed by atoms with Gasteiger partial charge in [0.25, 0.3) is 0 Å². The highest BCUT2D eigenvalue weighted by molar-refractivity contribution is 7.90. The molecule has 3 heterocycles. The van der Waals surface area contributed by atoms with E-state index in [1.807, 2.05) is 31.4 Å². The molecule has 8 nitrogen and oxygen atoms in total. The van der Waals surface area contributed by atoms with Crippen LogP contribution >= 0.6 is 0 Å². The number of likely N-dealkylation sites (tertiary alicyclic amines) is 1. The topological polar surface area (TPSA) is 102 Å². The highest BCUT2D eigenvalue weighted by Gasteiger charge is 2.47. The van der Waals surface area contributed by atoms with Crippen LogP contribution in [0.4, 0.5) is 9.18 Å². The lowest BCUT2D eigenvalue weighted by atomic mass is 9.78. The van der Waals surface area contributed by atoms with Crippen LogP contribution in [0.15, 0.2) is 53.7 Å². The number of amides is 1. The van der Waals surface area contributed by atoms with Crippen molar-refractivity contribution in [3.05, 3.63) is 48.8 Å². The number of benzene rings is 1. The Labute approximate surface area is 197 Å². The maximum Gasteiger partial charge on any atom is 0.407 e. The first-order valence-electron chi connectivity index (χ1n) is 10.9. The van der Waals surface area contributed by atoms with Gasteiger partial charge < -0.3 is 19.3 Å². The fourth-order valence-electron chi connectivity index (χ4n) is 4.53. The minimum atomic E-state index is -3.30. The molecule has 1 amide bonds. The van der Waals surface area contributed by atoms with Crippen molar-refractivity contribution in [3.63, 3.8) is 0 Å². The molecule has 182 valence electrons. The number of ether oxygens (including phenoxy) is 1. The van der Waals surface area contributed by atoms with Gasteiger partial charge >= 0.3 is 6.09 Å². The van der Waals surface area contributed by atoms with Gasteiger partial charge in [-0.2, -0.15) is 0 Å². The molecular formula is C24H28FN3O5S. The second-order valence-corrected chi connectivity index (χ2v) is 11.7. The number of halogens is 1. The molecule has 0 saturated carbocycles. The lowest BCUT2D eigenvalue weighted by Gasteiger charge is -2.46. The summed E-state index contributed by atoms with van der Waals surface area (Å²) in [6.45, 7) is 5.65. The molecule has 2 aromatic heterocycles. The molecule has 1 saturated heterocycles. The first-order chi connectivity index (χ1) is 15.9. The number of carbonyl (C=O) groups is 1. The summed E-state index contributed by atoms with van der Waals surface area (Å²) in [5.41, 5.74) is 0.209. The average molecular weight is 490 g/mol. The van der Waals surface area contributed by atoms with Crippen molar-refractivity contribution in [2.24, 2.45) is 5.41 Å². The third-order valence-corrected chi connectivity index (χ3v) is 7.24. The number of alkyl halides is 1. The third kappa shape index (κ3) is 4.59. The number of sulfone groups is 1. The Morgan fingerprint density at radius 3 is 2.53 bits per heavy atom. The lowest BCUT2D eigenvalue weighted by molar-refractivity contribution is -0.0513. The van der Waals surface area contributed by atoms with Crippen LogP contribution in [0.5, 0.6) is 5.75 Å². The number of pyridine rings is 1. The van der Waals surface area contributed by atoms with Gasteiger partial charge in [-0.15, -0.1) is 0 Å². The molecule has 0 aliphatic carbocycles. The van der Waals surface area contributed by atoms with Crippen LogP contribution in [0.2, 0.25) is 0 Å². The zero-order valence-electron chi connectivity index (χ0n) is 19.5. The zero-order valence-corrected chi connectivity index (χ0v) is 20.3. The maximum atomic E-state index is 15.4. The summed E-state index contributed by atoms with van der Waals surface area (Å²) in [6, 6.07) is 9.33. The molecule has 3 atom stereocenters. The minimum Gasteiger partial charge on any atom is -0.486 e. The molecule has 1 N–H and O–H groups in total. The number of hydrogen-bond donors (Lipinski definition) is 1. The van der Waals surface area contributed by atoms with Gasteiger partial charge in [0.15, 0.2) is 16.0 Å². The Kier molecular flexibility index (Phi) is 6.05. The summed E-state index contributed by atoms with van der Waals surface area (Å²) in [6.07, 6.45) is 1.32. The molecular weight excluding hydrogens is 461 g/mol. The summed E-state index contributed by atoms with van der Waals surface area (Å²) in [4.78, 5) is 17.5. The van der Waals surface area contributed by atoms with Crippen molar-refractivity contribution in [1.29, 1.82) is 0 Å². The van der Waals surface area contributed by atoms with Gasteiger partial charge in [-0.05, 0) is 41.8 Å². The SMILES string of the molecule is CC(C)(C)C1C(F)C(Oc2ccc(-n3ccc4cc(S(C)(=O)=O)ccc43)nc2)CCN1C(=O)O. The van der Waals surface area contributed by atoms with Gasteiger partial charge in [0.05, 0.1) is 22.7 Å². The van der Waals surface area contributed by atoms with Gasteiger partial charge in [-0.1, -0.05) is 20.8 Å². The van der Waals surface area contributed by atoms with Crippen LogP contribution in [0.1, 0.15) is 27.2 Å². The molecule has 0 radical (unpaired) electrons. The molecule has 34 heavy (non-hydrogen) atoms. The minimum absolute atomic E-state index is 0.193. The number of rotatable bonds is 4. The quantitative estimate of drug-likeness (QED) is 0.586. The molecule has 1 aromatic carbocycles. The van der Waals surface area contributed by atoms with E-state index >= 15 is 4.39 Å². The number of nitrogens with zero attached hydrogens (tertiary/aromatic N) is 3. The predicted octanol–water partition coefficient (Wildman–Crippen LogP) is 4.31. The van der Waals surface area contributed by atoms with Crippen molar-refractivity contribution in [2.45, 2.75) is 50.4 Å². The summed E-state index contributed by atoms with van der Waals surface area (Å²) in [5.74, 6) is 0.989. The van der Waals surface area contributed by atoms with Gasteiger partial charge in [-0.25, -0.2) is 22.6 Å². The first-order valence-corrected chi connectivity index (χ1v) is 12.8. The van der Waals surface area contributed by atoms with Crippen molar-refractivity contribution in [3.8, 4) is 11.6 Å². The van der Waals surface area contributed by atoms with E-state index in [2.05, 4.69) is 4.98 Å². The van der Waals surface area contributed by atoms with E-state index in [0.29, 0.717) is 11.6 Å². The van der Waals surface area contributed by atoms with E-state index in [1.54, 1.807) is 36.5 Å². The number of fused-ring (bicyclic) bond motifs is 1. The standard InChI is InChI=1S/C24H28FN3O5S/c1-24(2,3)22-21(25)19(10-12-28(22)23(29)30)33-16-5-8-20(26-14-16)27-11-9-15-13-17(34(4,31)32)6-7-18(15)27/h5-9,11,13-14,19,21-22H,10,12H2,1-4H3,(H,29,30). The van der Waals surface area contributed by atoms with Crippen LogP contribution in [-0.4, -0.2) is 65.2 Å². The third-order valence-electron chi connectivity index (χ3n) is 6.12. The lowest BCUT2D eigenvalue weighted by Crippen LogP contribution is -2.60. The zero-order chi connectivity index (χ0) is 24.8. The van der Waals surface area contributed by atoms with Gasteiger partial charge in [0.2, 0.25) is 0 Å². The summed E-state index contributed by atoms with van der Waals surface area (Å²) >= 11 is 0. The molecule has 10 heteroatoms. The Balaban J connectivity index is 1.54. The fraction of sp³-hybridized carbons (Fsp3) is 0.417. The molecule has 1 aliphatic heterocycles. The smallest absolute Gasteiger partial charge is 0.407 e. The molecule has 3 unspecified atom stereocenters. The van der Waals surface area contributed by atoms with Crippen LogP contribution in [0.3, 0.4) is 0 Å². The van der Waals surface area contributed by atoms with E-state index in [9.17, 15) is 18.3 Å². The largest absolute Gasteiger partial charge is 0.486 e. The second kappa shape index (κ2) is 8.57. The Bertz CT molecular complexity index is 1310. The monoisotopic (exact) mass is 489 g/mol. The van der Waals surface area contributed by atoms with Crippen LogP contribution in [0.25, 0.3) is 16.7 Å². The Morgan fingerprint density at radius 2 is 1.94 bits per heavy atom. The van der Waals surface area contributed by atoms with Crippen LogP contribution in [-0.2, 0) is 9.84 Å². The number of carboxylic acid groups (broad SMARTS) is 1. The maximum absolute atomic E-state index is 15.4. The normalized spacial score (nSPS) is 21.6. The van der Waals surface area contributed by atoms with Gasteiger partial charge in [0, 0.05) is 30.8 Å². The van der Waals surface area contributed by atoms with Crippen molar-refractivity contribution >= 4 is 26.8 Å². The summed E-state index contributed by atoms with van der Waals surface area (Å²) in [7, 11) is -3.30. The summed E-state index contributed by atoms with van der Waals surface area (Å²) < 4.78 is 46.8. The Morgan fingerprint density at radius 1 is 1.21 bits per heavy atom. The van der Waals surface area contributed by atoms with E-state index in [4.69, 9.17) is 4.74 Å². The van der Waals surface area contributed by atoms with Crippen molar-refractivity contribution in [2.75, 3.05) is 12.8 Å². The molecule has 1 fully saturated rings. The average Bonchev–Trinajstić information content (AvgIpc) is 3.17.